The van der Waals surface area contributed by atoms with E-state index in [9.17, 15) is 0 Å². The van der Waals surface area contributed by atoms with Crippen LogP contribution in [0.15, 0.2) is 48.5 Å². The Morgan fingerprint density at radius 2 is 1.28 bits per heavy atom. The zero-order chi connectivity index (χ0) is 22.4. The molecule has 0 aromatic heterocycles. The van der Waals surface area contributed by atoms with Crippen LogP contribution in [0, 0.1) is 5.92 Å². The van der Waals surface area contributed by atoms with Crippen molar-refractivity contribution in [1.82, 2.24) is 0 Å². The van der Waals surface area contributed by atoms with Crippen molar-refractivity contribution in [3.63, 3.8) is 0 Å². The Morgan fingerprint density at radius 1 is 0.656 bits per heavy atom. The van der Waals surface area contributed by atoms with Gasteiger partial charge >= 0.3 is 0 Å². The molecular weight excluding hydrogens is 392 g/mol. The van der Waals surface area contributed by atoms with Crippen molar-refractivity contribution in [2.45, 2.75) is 103 Å². The number of hydrogen-bond acceptors (Lipinski definition) is 2. The van der Waals surface area contributed by atoms with Gasteiger partial charge in [-0.3, -0.25) is 0 Å². The quantitative estimate of drug-likeness (QED) is 0.275. The summed E-state index contributed by atoms with van der Waals surface area (Å²) < 4.78 is 11.8. The molecule has 0 saturated heterocycles. The lowest BCUT2D eigenvalue weighted by atomic mass is 9.77. The zero-order valence-electron chi connectivity index (χ0n) is 20.5. The predicted octanol–water partition coefficient (Wildman–Crippen LogP) is 9.08. The molecular formula is C30H44O2. The van der Waals surface area contributed by atoms with Crippen LogP contribution in [-0.4, -0.2) is 6.61 Å². The van der Waals surface area contributed by atoms with Crippen molar-refractivity contribution in [2.24, 2.45) is 5.92 Å². The first-order chi connectivity index (χ1) is 15.8. The van der Waals surface area contributed by atoms with Crippen molar-refractivity contribution >= 4 is 0 Å². The smallest absolute Gasteiger partial charge is 0.120 e. The monoisotopic (exact) mass is 436 g/mol. The number of rotatable bonds is 14. The average Bonchev–Trinajstić information content (AvgIpc) is 2.84. The summed E-state index contributed by atoms with van der Waals surface area (Å²) in [6.45, 7) is 5.94. The maximum absolute atomic E-state index is 6.00. The van der Waals surface area contributed by atoms with Crippen LogP contribution >= 0.6 is 0 Å². The van der Waals surface area contributed by atoms with E-state index in [1.54, 1.807) is 0 Å². The third-order valence-electron chi connectivity index (χ3n) is 7.01. The fraction of sp³-hybridized carbons (Fsp3) is 0.600. The average molecular weight is 437 g/mol. The molecule has 1 saturated carbocycles. The minimum absolute atomic E-state index is 0.613. The molecule has 32 heavy (non-hydrogen) atoms. The molecule has 0 aliphatic heterocycles. The topological polar surface area (TPSA) is 18.5 Å². The molecule has 2 aromatic rings. The van der Waals surface area contributed by atoms with Gasteiger partial charge in [0.05, 0.1) is 6.61 Å². The van der Waals surface area contributed by atoms with Crippen LogP contribution in [0.1, 0.15) is 108 Å². The van der Waals surface area contributed by atoms with E-state index in [4.69, 9.17) is 9.47 Å². The van der Waals surface area contributed by atoms with Gasteiger partial charge < -0.3 is 9.47 Å². The first-order valence-corrected chi connectivity index (χ1v) is 13.2. The van der Waals surface area contributed by atoms with Gasteiger partial charge in [-0.25, -0.2) is 0 Å². The summed E-state index contributed by atoms with van der Waals surface area (Å²) in [6.07, 6.45) is 16.1. The molecule has 0 bridgehead atoms. The van der Waals surface area contributed by atoms with Gasteiger partial charge in [0.1, 0.15) is 18.1 Å². The number of hydrogen-bond donors (Lipinski definition) is 0. The van der Waals surface area contributed by atoms with Gasteiger partial charge in [-0.15, -0.1) is 0 Å². The summed E-state index contributed by atoms with van der Waals surface area (Å²) in [5.74, 6) is 3.55. The van der Waals surface area contributed by atoms with E-state index in [2.05, 4.69) is 38.1 Å². The molecule has 1 fully saturated rings. The Hall–Kier alpha value is -1.96. The van der Waals surface area contributed by atoms with Gasteiger partial charge in [0, 0.05) is 0 Å². The highest BCUT2D eigenvalue weighted by Gasteiger charge is 2.21. The van der Waals surface area contributed by atoms with Crippen LogP contribution in [-0.2, 0) is 6.61 Å². The van der Waals surface area contributed by atoms with Crippen molar-refractivity contribution in [3.05, 3.63) is 59.7 Å². The lowest BCUT2D eigenvalue weighted by molar-refractivity contribution is 0.296. The highest BCUT2D eigenvalue weighted by Crippen LogP contribution is 2.37. The van der Waals surface area contributed by atoms with E-state index in [1.807, 2.05) is 24.3 Å². The lowest BCUT2D eigenvalue weighted by Crippen LogP contribution is -2.13. The Bertz CT molecular complexity index is 726. The summed E-state index contributed by atoms with van der Waals surface area (Å²) in [7, 11) is 0. The molecule has 0 radical (unpaired) electrons. The largest absolute Gasteiger partial charge is 0.494 e. The molecule has 0 amide bonds. The Kier molecular flexibility index (Phi) is 11.0. The van der Waals surface area contributed by atoms with Crippen molar-refractivity contribution < 1.29 is 9.47 Å². The third kappa shape index (κ3) is 8.52. The van der Waals surface area contributed by atoms with Crippen LogP contribution in [0.5, 0.6) is 11.5 Å². The molecule has 0 atom stereocenters. The Morgan fingerprint density at radius 3 is 1.94 bits per heavy atom. The predicted molar refractivity (Wildman–Crippen MR) is 136 cm³/mol. The maximum atomic E-state index is 6.00. The van der Waals surface area contributed by atoms with Crippen LogP contribution in [0.4, 0.5) is 0 Å². The summed E-state index contributed by atoms with van der Waals surface area (Å²) in [4.78, 5) is 0. The normalized spacial score (nSPS) is 18.4. The van der Waals surface area contributed by atoms with Gasteiger partial charge in [0.25, 0.3) is 0 Å². The first kappa shape index (κ1) is 24.7. The first-order valence-electron chi connectivity index (χ1n) is 13.2. The van der Waals surface area contributed by atoms with E-state index >= 15 is 0 Å². The second kappa shape index (κ2) is 14.2. The molecule has 176 valence electrons. The molecule has 0 unspecified atom stereocenters. The van der Waals surface area contributed by atoms with E-state index in [0.717, 1.165) is 36.4 Å². The SMILES string of the molecule is CCCCCCOc1ccc(OCc2ccc(C3CCC(CCCCC)CC3)cc2)cc1. The third-order valence-corrected chi connectivity index (χ3v) is 7.01. The molecule has 2 nitrogen and oxygen atoms in total. The molecule has 0 heterocycles. The van der Waals surface area contributed by atoms with E-state index in [0.29, 0.717) is 6.61 Å². The van der Waals surface area contributed by atoms with Gasteiger partial charge in [0.2, 0.25) is 0 Å². The minimum Gasteiger partial charge on any atom is -0.494 e. The number of unbranched alkanes of at least 4 members (excludes halogenated alkanes) is 5. The lowest BCUT2D eigenvalue weighted by Gasteiger charge is -2.29. The second-order valence-electron chi connectivity index (χ2n) is 9.62. The fourth-order valence-electron chi connectivity index (χ4n) is 4.87. The number of ether oxygens (including phenoxy) is 2. The molecule has 1 aliphatic rings. The van der Waals surface area contributed by atoms with Crippen molar-refractivity contribution in [3.8, 4) is 11.5 Å². The molecule has 1 aliphatic carbocycles. The van der Waals surface area contributed by atoms with Gasteiger partial charge in [0.15, 0.2) is 0 Å². The standard InChI is InChI=1S/C30H44O2/c1-3-5-7-9-23-31-29-19-21-30(22-20-29)32-24-26-13-17-28(18-14-26)27-15-11-25(12-16-27)10-8-6-4-2/h13-14,17-22,25,27H,3-12,15-16,23-24H2,1-2H3. The fourth-order valence-corrected chi connectivity index (χ4v) is 4.87. The van der Waals surface area contributed by atoms with E-state index in [1.165, 1.54) is 81.8 Å². The molecule has 0 spiro atoms. The summed E-state index contributed by atoms with van der Waals surface area (Å²) in [5.41, 5.74) is 2.75. The van der Waals surface area contributed by atoms with Crippen LogP contribution in [0.2, 0.25) is 0 Å². The van der Waals surface area contributed by atoms with Gasteiger partial charge in [-0.05, 0) is 79.3 Å². The van der Waals surface area contributed by atoms with Crippen LogP contribution < -0.4 is 9.47 Å². The minimum atomic E-state index is 0.613. The van der Waals surface area contributed by atoms with Crippen LogP contribution in [0.25, 0.3) is 0 Å². The second-order valence-corrected chi connectivity index (χ2v) is 9.62. The number of benzene rings is 2. The molecule has 3 rings (SSSR count). The van der Waals surface area contributed by atoms with Crippen LogP contribution in [0.3, 0.4) is 0 Å². The Labute approximate surface area is 196 Å². The van der Waals surface area contributed by atoms with Gasteiger partial charge in [-0.2, -0.15) is 0 Å². The van der Waals surface area contributed by atoms with E-state index < -0.39 is 0 Å². The van der Waals surface area contributed by atoms with Crippen molar-refractivity contribution in [2.75, 3.05) is 6.61 Å². The molecule has 0 N–H and O–H groups in total. The summed E-state index contributed by atoms with van der Waals surface area (Å²) >= 11 is 0. The maximum Gasteiger partial charge on any atom is 0.120 e. The molecule has 2 aromatic carbocycles. The molecule has 2 heteroatoms. The van der Waals surface area contributed by atoms with Crippen molar-refractivity contribution in [1.29, 1.82) is 0 Å². The van der Waals surface area contributed by atoms with Gasteiger partial charge in [-0.1, -0.05) is 83.1 Å². The van der Waals surface area contributed by atoms with E-state index in [-0.39, 0.29) is 0 Å². The summed E-state index contributed by atoms with van der Waals surface area (Å²) in [6, 6.07) is 17.2. The zero-order valence-corrected chi connectivity index (χ0v) is 20.5. The Balaban J connectivity index is 1.37. The highest BCUT2D eigenvalue weighted by atomic mass is 16.5. The summed E-state index contributed by atoms with van der Waals surface area (Å²) in [5, 5.41) is 0. The highest BCUT2D eigenvalue weighted by molar-refractivity contribution is 5.32.